The molecule has 1 rings (SSSR count). The molecule has 0 amide bonds. The van der Waals surface area contributed by atoms with Crippen molar-refractivity contribution in [3.8, 4) is 0 Å². The summed E-state index contributed by atoms with van der Waals surface area (Å²) in [6.45, 7) is 2.13. The highest BCUT2D eigenvalue weighted by atomic mass is 16.4. The molecule has 0 heterocycles. The molecule has 1 fully saturated rings. The maximum absolute atomic E-state index is 10.2. The number of hydrogen-bond donors (Lipinski definition) is 2. The SMILES string of the molecule is CC(CCC(O)C(=O)O)C1CC1. The lowest BCUT2D eigenvalue weighted by molar-refractivity contribution is -0.147. The van der Waals surface area contributed by atoms with Crippen molar-refractivity contribution < 1.29 is 15.0 Å². The van der Waals surface area contributed by atoms with Crippen molar-refractivity contribution in [2.24, 2.45) is 11.8 Å². The largest absolute Gasteiger partial charge is 0.479 e. The average molecular weight is 172 g/mol. The van der Waals surface area contributed by atoms with Gasteiger partial charge in [-0.25, -0.2) is 4.79 Å². The van der Waals surface area contributed by atoms with E-state index in [1.807, 2.05) is 0 Å². The first-order chi connectivity index (χ1) is 5.61. The van der Waals surface area contributed by atoms with Crippen LogP contribution in [0.5, 0.6) is 0 Å². The molecule has 1 saturated carbocycles. The van der Waals surface area contributed by atoms with Crippen LogP contribution in [0.4, 0.5) is 0 Å². The summed E-state index contributed by atoms with van der Waals surface area (Å²) < 4.78 is 0. The zero-order valence-electron chi connectivity index (χ0n) is 7.36. The minimum absolute atomic E-state index is 0.396. The van der Waals surface area contributed by atoms with Crippen molar-refractivity contribution in [3.63, 3.8) is 0 Å². The van der Waals surface area contributed by atoms with E-state index in [2.05, 4.69) is 6.92 Å². The Labute approximate surface area is 72.4 Å². The lowest BCUT2D eigenvalue weighted by Gasteiger charge is -2.10. The fraction of sp³-hybridized carbons (Fsp3) is 0.889. The Bertz CT molecular complexity index is 163. The number of aliphatic hydroxyl groups is 1. The predicted molar refractivity (Wildman–Crippen MR) is 44.8 cm³/mol. The molecule has 3 heteroatoms. The zero-order valence-corrected chi connectivity index (χ0v) is 7.36. The van der Waals surface area contributed by atoms with Crippen LogP contribution in [0.3, 0.4) is 0 Å². The van der Waals surface area contributed by atoms with Gasteiger partial charge in [0.25, 0.3) is 0 Å². The van der Waals surface area contributed by atoms with Crippen LogP contribution < -0.4 is 0 Å². The molecule has 70 valence electrons. The zero-order chi connectivity index (χ0) is 9.14. The lowest BCUT2D eigenvalue weighted by Crippen LogP contribution is -2.20. The van der Waals surface area contributed by atoms with Gasteiger partial charge in [0.1, 0.15) is 0 Å². The summed E-state index contributed by atoms with van der Waals surface area (Å²) in [5, 5.41) is 17.4. The van der Waals surface area contributed by atoms with Gasteiger partial charge < -0.3 is 10.2 Å². The van der Waals surface area contributed by atoms with Crippen LogP contribution >= 0.6 is 0 Å². The van der Waals surface area contributed by atoms with E-state index < -0.39 is 12.1 Å². The molecule has 0 aliphatic heterocycles. The molecule has 1 aliphatic carbocycles. The molecule has 0 saturated heterocycles. The third kappa shape index (κ3) is 2.81. The molecule has 0 radical (unpaired) electrons. The third-order valence-corrected chi connectivity index (χ3v) is 2.61. The van der Waals surface area contributed by atoms with Gasteiger partial charge in [0.15, 0.2) is 6.10 Å². The molecule has 2 unspecified atom stereocenters. The predicted octanol–water partition coefficient (Wildman–Crippen LogP) is 1.26. The second kappa shape index (κ2) is 3.90. The Balaban J connectivity index is 2.11. The van der Waals surface area contributed by atoms with Crippen LogP contribution in [-0.4, -0.2) is 22.3 Å². The summed E-state index contributed by atoms with van der Waals surface area (Å²) in [4.78, 5) is 10.2. The second-order valence-electron chi connectivity index (χ2n) is 3.75. The maximum Gasteiger partial charge on any atom is 0.332 e. The van der Waals surface area contributed by atoms with Crippen molar-refractivity contribution in [1.82, 2.24) is 0 Å². The number of aliphatic carboxylic acids is 1. The average Bonchev–Trinajstić information content (AvgIpc) is 2.81. The Morgan fingerprint density at radius 2 is 2.08 bits per heavy atom. The fourth-order valence-electron chi connectivity index (χ4n) is 1.45. The fourth-order valence-corrected chi connectivity index (χ4v) is 1.45. The van der Waals surface area contributed by atoms with Gasteiger partial charge in [0.2, 0.25) is 0 Å². The van der Waals surface area contributed by atoms with Gasteiger partial charge in [0.05, 0.1) is 0 Å². The summed E-state index contributed by atoms with van der Waals surface area (Å²) in [5.74, 6) is 0.281. The Morgan fingerprint density at radius 1 is 1.50 bits per heavy atom. The van der Waals surface area contributed by atoms with E-state index in [4.69, 9.17) is 10.2 Å². The molecule has 0 aromatic carbocycles. The van der Waals surface area contributed by atoms with E-state index in [0.717, 1.165) is 12.3 Å². The summed E-state index contributed by atoms with van der Waals surface area (Å²) in [6, 6.07) is 0. The van der Waals surface area contributed by atoms with Gasteiger partial charge in [-0.1, -0.05) is 6.92 Å². The molecule has 2 N–H and O–H groups in total. The lowest BCUT2D eigenvalue weighted by atomic mass is 9.98. The molecule has 0 spiro atoms. The number of rotatable bonds is 5. The molecule has 12 heavy (non-hydrogen) atoms. The van der Waals surface area contributed by atoms with Gasteiger partial charge in [-0.3, -0.25) is 0 Å². The van der Waals surface area contributed by atoms with E-state index in [1.54, 1.807) is 0 Å². The third-order valence-electron chi connectivity index (χ3n) is 2.61. The van der Waals surface area contributed by atoms with Crippen molar-refractivity contribution in [2.75, 3.05) is 0 Å². The van der Waals surface area contributed by atoms with Gasteiger partial charge in [0, 0.05) is 0 Å². The molecular formula is C9H16O3. The summed E-state index contributed by atoms with van der Waals surface area (Å²) in [6.07, 6.45) is 2.63. The van der Waals surface area contributed by atoms with E-state index in [-0.39, 0.29) is 0 Å². The number of carbonyl (C=O) groups is 1. The quantitative estimate of drug-likeness (QED) is 0.656. The molecular weight excluding hydrogens is 156 g/mol. The van der Waals surface area contributed by atoms with Gasteiger partial charge in [-0.2, -0.15) is 0 Å². The van der Waals surface area contributed by atoms with Crippen LogP contribution in [0.2, 0.25) is 0 Å². The summed E-state index contributed by atoms with van der Waals surface area (Å²) in [7, 11) is 0. The Morgan fingerprint density at radius 3 is 2.50 bits per heavy atom. The van der Waals surface area contributed by atoms with Gasteiger partial charge in [-0.15, -0.1) is 0 Å². The van der Waals surface area contributed by atoms with Crippen LogP contribution in [0, 0.1) is 11.8 Å². The number of carboxylic acid groups (broad SMARTS) is 1. The van der Waals surface area contributed by atoms with Crippen molar-refractivity contribution in [3.05, 3.63) is 0 Å². The molecule has 0 bridgehead atoms. The van der Waals surface area contributed by atoms with Crippen molar-refractivity contribution in [2.45, 2.75) is 38.7 Å². The molecule has 2 atom stereocenters. The van der Waals surface area contributed by atoms with E-state index >= 15 is 0 Å². The van der Waals surface area contributed by atoms with Crippen LogP contribution in [0.15, 0.2) is 0 Å². The molecule has 3 nitrogen and oxygen atoms in total. The highest BCUT2D eigenvalue weighted by molar-refractivity contribution is 5.71. The normalized spacial score (nSPS) is 21.8. The first-order valence-electron chi connectivity index (χ1n) is 4.52. The monoisotopic (exact) mass is 172 g/mol. The minimum atomic E-state index is -1.16. The van der Waals surface area contributed by atoms with Gasteiger partial charge >= 0.3 is 5.97 Å². The minimum Gasteiger partial charge on any atom is -0.479 e. The number of aliphatic hydroxyl groups excluding tert-OH is 1. The molecule has 1 aliphatic rings. The Hall–Kier alpha value is -0.570. The topological polar surface area (TPSA) is 57.5 Å². The van der Waals surface area contributed by atoms with Gasteiger partial charge in [-0.05, 0) is 37.5 Å². The Kier molecular flexibility index (Phi) is 3.09. The number of carboxylic acids is 1. The molecule has 0 aromatic heterocycles. The van der Waals surface area contributed by atoms with Crippen LogP contribution in [0.1, 0.15) is 32.6 Å². The molecule has 0 aromatic rings. The van der Waals surface area contributed by atoms with Crippen LogP contribution in [0.25, 0.3) is 0 Å². The first kappa shape index (κ1) is 9.52. The maximum atomic E-state index is 10.2. The second-order valence-corrected chi connectivity index (χ2v) is 3.75. The van der Waals surface area contributed by atoms with E-state index in [9.17, 15) is 4.79 Å². The first-order valence-corrected chi connectivity index (χ1v) is 4.52. The standard InChI is InChI=1S/C9H16O3/c1-6(7-3-4-7)2-5-8(10)9(11)12/h6-8,10H,2-5H2,1H3,(H,11,12). The summed E-state index contributed by atoms with van der Waals surface area (Å²) >= 11 is 0. The van der Waals surface area contributed by atoms with E-state index in [1.165, 1.54) is 12.8 Å². The smallest absolute Gasteiger partial charge is 0.332 e. The number of hydrogen-bond acceptors (Lipinski definition) is 2. The highest BCUT2D eigenvalue weighted by Crippen LogP contribution is 2.38. The van der Waals surface area contributed by atoms with E-state index in [0.29, 0.717) is 12.3 Å². The van der Waals surface area contributed by atoms with Crippen molar-refractivity contribution >= 4 is 5.97 Å². The van der Waals surface area contributed by atoms with Crippen molar-refractivity contribution in [1.29, 1.82) is 0 Å². The van der Waals surface area contributed by atoms with Crippen LogP contribution in [-0.2, 0) is 4.79 Å². The summed E-state index contributed by atoms with van der Waals surface area (Å²) in [5.41, 5.74) is 0. The highest BCUT2D eigenvalue weighted by Gasteiger charge is 2.28.